The van der Waals surface area contributed by atoms with Gasteiger partial charge in [0.15, 0.2) is 0 Å². The second-order valence-electron chi connectivity index (χ2n) is 4.84. The van der Waals surface area contributed by atoms with Gasteiger partial charge < -0.3 is 11.1 Å². The summed E-state index contributed by atoms with van der Waals surface area (Å²) in [6, 6.07) is 12.4. The van der Waals surface area contributed by atoms with E-state index in [9.17, 15) is 4.39 Å². The predicted molar refractivity (Wildman–Crippen MR) is 88.3 cm³/mol. The van der Waals surface area contributed by atoms with E-state index in [4.69, 9.17) is 5.73 Å². The number of hydrogen-bond acceptors (Lipinski definition) is 3. The molecule has 0 saturated carbocycles. The monoisotopic (exact) mass is 345 g/mol. The van der Waals surface area contributed by atoms with Crippen LogP contribution in [-0.2, 0) is 0 Å². The van der Waals surface area contributed by atoms with Gasteiger partial charge in [0, 0.05) is 28.1 Å². The number of aryl methyl sites for hydroxylation is 1. The molecule has 0 saturated heterocycles. The molecule has 0 amide bonds. The molecule has 3 rings (SSSR count). The van der Waals surface area contributed by atoms with E-state index < -0.39 is 0 Å². The van der Waals surface area contributed by atoms with Gasteiger partial charge in [0.25, 0.3) is 0 Å². The van der Waals surface area contributed by atoms with Gasteiger partial charge in [-0.15, -0.1) is 0 Å². The van der Waals surface area contributed by atoms with Crippen molar-refractivity contribution < 1.29 is 4.39 Å². The summed E-state index contributed by atoms with van der Waals surface area (Å²) in [7, 11) is 0. The largest absolute Gasteiger partial charge is 0.399 e. The molecular formula is C16H13BrFN3. The van der Waals surface area contributed by atoms with Gasteiger partial charge in [-0.25, -0.2) is 4.39 Å². The first kappa shape index (κ1) is 13.8. The molecule has 1 heterocycles. The fourth-order valence-electron chi connectivity index (χ4n) is 2.21. The number of nitrogens with one attached hydrogen (secondary N) is 1. The van der Waals surface area contributed by atoms with Crippen molar-refractivity contribution in [2.75, 3.05) is 11.1 Å². The van der Waals surface area contributed by atoms with Gasteiger partial charge in [0.05, 0.1) is 9.99 Å². The van der Waals surface area contributed by atoms with Gasteiger partial charge >= 0.3 is 0 Å². The topological polar surface area (TPSA) is 50.9 Å². The number of hydrogen-bond donors (Lipinski definition) is 2. The fourth-order valence-corrected chi connectivity index (χ4v) is 2.46. The summed E-state index contributed by atoms with van der Waals surface area (Å²) < 4.78 is 14.1. The zero-order valence-electron chi connectivity index (χ0n) is 11.3. The van der Waals surface area contributed by atoms with Crippen LogP contribution in [0.1, 0.15) is 5.69 Å². The smallest absolute Gasteiger partial charge is 0.139 e. The van der Waals surface area contributed by atoms with Crippen molar-refractivity contribution in [3.8, 4) is 0 Å². The molecule has 21 heavy (non-hydrogen) atoms. The average molecular weight is 346 g/mol. The minimum atomic E-state index is -0.311. The van der Waals surface area contributed by atoms with Gasteiger partial charge in [-0.2, -0.15) is 0 Å². The normalized spacial score (nSPS) is 10.8. The van der Waals surface area contributed by atoms with Crippen molar-refractivity contribution in [2.45, 2.75) is 6.92 Å². The maximum Gasteiger partial charge on any atom is 0.139 e. The summed E-state index contributed by atoms with van der Waals surface area (Å²) >= 11 is 3.15. The number of halogens is 2. The summed E-state index contributed by atoms with van der Waals surface area (Å²) in [5.74, 6) is -0.311. The summed E-state index contributed by atoms with van der Waals surface area (Å²) in [5, 5.41) is 4.13. The molecule has 2 aromatic carbocycles. The minimum Gasteiger partial charge on any atom is -0.399 e. The number of aromatic nitrogens is 1. The lowest BCUT2D eigenvalue weighted by molar-refractivity contribution is 0.622. The Kier molecular flexibility index (Phi) is 3.51. The first-order valence-electron chi connectivity index (χ1n) is 6.42. The van der Waals surface area contributed by atoms with Crippen LogP contribution in [0, 0.1) is 12.7 Å². The molecular weight excluding hydrogens is 333 g/mol. The number of nitrogen functional groups attached to an aromatic ring is 1. The Hall–Kier alpha value is -2.14. The second-order valence-corrected chi connectivity index (χ2v) is 5.70. The molecule has 0 bridgehead atoms. The van der Waals surface area contributed by atoms with Gasteiger partial charge in [0.1, 0.15) is 5.82 Å². The molecule has 5 heteroatoms. The van der Waals surface area contributed by atoms with Crippen LogP contribution in [-0.4, -0.2) is 4.98 Å². The Bertz CT molecular complexity index is 833. The van der Waals surface area contributed by atoms with E-state index in [1.165, 1.54) is 6.07 Å². The van der Waals surface area contributed by atoms with E-state index in [1.54, 1.807) is 12.1 Å². The third kappa shape index (κ3) is 2.83. The highest BCUT2D eigenvalue weighted by molar-refractivity contribution is 9.10. The molecule has 0 aliphatic heterocycles. The summed E-state index contributed by atoms with van der Waals surface area (Å²) in [4.78, 5) is 4.47. The van der Waals surface area contributed by atoms with Crippen LogP contribution in [0.15, 0.2) is 46.9 Å². The molecule has 3 nitrogen and oxygen atoms in total. The van der Waals surface area contributed by atoms with E-state index in [0.29, 0.717) is 15.8 Å². The molecule has 1 aromatic heterocycles. The lowest BCUT2D eigenvalue weighted by Crippen LogP contribution is -1.96. The lowest BCUT2D eigenvalue weighted by Gasteiger charge is -2.12. The lowest BCUT2D eigenvalue weighted by atomic mass is 10.1. The predicted octanol–water partition coefficient (Wildman–Crippen LogP) is 4.77. The third-order valence-electron chi connectivity index (χ3n) is 3.16. The van der Waals surface area contributed by atoms with E-state index in [2.05, 4.69) is 26.2 Å². The molecule has 0 radical (unpaired) electrons. The number of rotatable bonds is 2. The molecule has 0 aliphatic rings. The van der Waals surface area contributed by atoms with E-state index >= 15 is 0 Å². The van der Waals surface area contributed by atoms with E-state index in [0.717, 1.165) is 22.3 Å². The third-order valence-corrected chi connectivity index (χ3v) is 3.80. The van der Waals surface area contributed by atoms with Crippen LogP contribution in [0.4, 0.5) is 21.5 Å². The number of anilines is 3. The van der Waals surface area contributed by atoms with Crippen molar-refractivity contribution in [1.82, 2.24) is 4.98 Å². The van der Waals surface area contributed by atoms with Crippen molar-refractivity contribution in [2.24, 2.45) is 0 Å². The molecule has 0 aliphatic carbocycles. The Balaban J connectivity index is 2.10. The zero-order valence-corrected chi connectivity index (χ0v) is 12.9. The van der Waals surface area contributed by atoms with Gasteiger partial charge in [0.2, 0.25) is 0 Å². The molecule has 0 spiro atoms. The quantitative estimate of drug-likeness (QED) is 0.657. The second kappa shape index (κ2) is 5.33. The van der Waals surface area contributed by atoms with Gasteiger partial charge in [-0.3, -0.25) is 4.98 Å². The Morgan fingerprint density at radius 1 is 1.14 bits per heavy atom. The Labute approximate surface area is 130 Å². The number of pyridine rings is 1. The molecule has 106 valence electrons. The summed E-state index contributed by atoms with van der Waals surface area (Å²) in [5.41, 5.74) is 9.77. The van der Waals surface area contributed by atoms with Crippen LogP contribution >= 0.6 is 15.9 Å². The van der Waals surface area contributed by atoms with Gasteiger partial charge in [-0.1, -0.05) is 0 Å². The first-order valence-corrected chi connectivity index (χ1v) is 7.21. The molecule has 3 aromatic rings. The summed E-state index contributed by atoms with van der Waals surface area (Å²) in [6.07, 6.45) is 0. The van der Waals surface area contributed by atoms with Crippen LogP contribution in [0.3, 0.4) is 0 Å². The highest BCUT2D eigenvalue weighted by Crippen LogP contribution is 2.29. The number of nitrogens with zero attached hydrogens (tertiary/aromatic N) is 1. The van der Waals surface area contributed by atoms with Crippen molar-refractivity contribution >= 4 is 43.9 Å². The number of fused-ring (bicyclic) bond motifs is 1. The zero-order chi connectivity index (χ0) is 15.0. The first-order chi connectivity index (χ1) is 10.0. The van der Waals surface area contributed by atoms with E-state index in [-0.39, 0.29) is 5.82 Å². The van der Waals surface area contributed by atoms with Crippen LogP contribution in [0.5, 0.6) is 0 Å². The Morgan fingerprint density at radius 2 is 1.95 bits per heavy atom. The van der Waals surface area contributed by atoms with Crippen LogP contribution in [0.2, 0.25) is 0 Å². The summed E-state index contributed by atoms with van der Waals surface area (Å²) in [6.45, 7) is 1.92. The maximum atomic E-state index is 13.6. The highest BCUT2D eigenvalue weighted by atomic mass is 79.9. The molecule has 0 atom stereocenters. The van der Waals surface area contributed by atoms with Crippen LogP contribution in [0.25, 0.3) is 10.9 Å². The minimum absolute atomic E-state index is 0.311. The fraction of sp³-hybridized carbons (Fsp3) is 0.0625. The van der Waals surface area contributed by atoms with Crippen molar-refractivity contribution in [3.05, 3.63) is 58.4 Å². The molecule has 0 unspecified atom stereocenters. The number of nitrogens with two attached hydrogens (primary N) is 1. The van der Waals surface area contributed by atoms with Crippen LogP contribution < -0.4 is 11.1 Å². The average Bonchev–Trinajstić information content (AvgIpc) is 2.43. The van der Waals surface area contributed by atoms with Crippen molar-refractivity contribution in [3.63, 3.8) is 0 Å². The van der Waals surface area contributed by atoms with Crippen molar-refractivity contribution in [1.29, 1.82) is 0 Å². The molecule has 3 N–H and O–H groups in total. The maximum absolute atomic E-state index is 13.6. The molecule has 0 fully saturated rings. The Morgan fingerprint density at radius 3 is 2.71 bits per heavy atom. The van der Waals surface area contributed by atoms with Gasteiger partial charge in [-0.05, 0) is 65.3 Å². The highest BCUT2D eigenvalue weighted by Gasteiger charge is 2.07. The number of benzene rings is 2. The standard InChI is InChI=1S/C16H13BrFN3/c1-9-6-16(12-7-10(19)2-5-15(12)20-9)21-11-3-4-13(17)14(18)8-11/h2-8H,19H2,1H3,(H,20,21). The SMILES string of the molecule is Cc1cc(Nc2ccc(Br)c(F)c2)c2cc(N)ccc2n1. The van der Waals surface area contributed by atoms with E-state index in [1.807, 2.05) is 31.2 Å².